The van der Waals surface area contributed by atoms with Crippen LogP contribution in [0.4, 0.5) is 16.2 Å². The molecule has 1 atom stereocenters. The lowest BCUT2D eigenvalue weighted by Gasteiger charge is -2.20. The van der Waals surface area contributed by atoms with Crippen LogP contribution in [0.15, 0.2) is 42.5 Å². The van der Waals surface area contributed by atoms with Crippen LogP contribution in [0.2, 0.25) is 0 Å². The highest BCUT2D eigenvalue weighted by Crippen LogP contribution is 2.28. The molecule has 0 spiro atoms. The molecule has 0 aliphatic carbocycles. The third-order valence-corrected chi connectivity index (χ3v) is 6.25. The minimum absolute atomic E-state index is 0. The Labute approximate surface area is 189 Å². The van der Waals surface area contributed by atoms with E-state index in [0.717, 1.165) is 42.9 Å². The van der Waals surface area contributed by atoms with Crippen molar-refractivity contribution in [3.05, 3.63) is 59.2 Å². The Bertz CT molecular complexity index is 948. The van der Waals surface area contributed by atoms with Gasteiger partial charge in [-0.2, -0.15) is 0 Å². The summed E-state index contributed by atoms with van der Waals surface area (Å²) < 4.78 is 0. The molecule has 2 amide bonds. The normalized spacial score (nSPS) is 17.7. The largest absolute Gasteiger partial charge is 0.481 e. The number of halogens is 1. The second-order valence-corrected chi connectivity index (χ2v) is 8.45. The number of fused-ring (bicyclic) bond motifs is 1. The molecule has 1 saturated heterocycles. The van der Waals surface area contributed by atoms with Crippen LogP contribution in [-0.2, 0) is 24.1 Å². The molecule has 2 aromatic rings. The highest BCUT2D eigenvalue weighted by molar-refractivity contribution is 6.06. The van der Waals surface area contributed by atoms with Gasteiger partial charge in [-0.1, -0.05) is 25.1 Å². The lowest BCUT2D eigenvalue weighted by Crippen LogP contribution is -2.31. The molecule has 1 N–H and O–H groups in total. The third-order valence-electron chi connectivity index (χ3n) is 6.25. The number of benzene rings is 2. The predicted molar refractivity (Wildman–Crippen MR) is 126 cm³/mol. The summed E-state index contributed by atoms with van der Waals surface area (Å²) in [5, 5.41) is 9.08. The molecule has 2 aromatic carbocycles. The van der Waals surface area contributed by atoms with Gasteiger partial charge in [0.1, 0.15) is 0 Å². The van der Waals surface area contributed by atoms with E-state index in [4.69, 9.17) is 5.11 Å². The Morgan fingerprint density at radius 3 is 2.16 bits per heavy atom. The zero-order valence-corrected chi connectivity index (χ0v) is 18.9. The second kappa shape index (κ2) is 9.71. The summed E-state index contributed by atoms with van der Waals surface area (Å²) in [6, 6.07) is 14.1. The Kier molecular flexibility index (Phi) is 7.23. The summed E-state index contributed by atoms with van der Waals surface area (Å²) in [6.07, 6.45) is 2.56. The first kappa shape index (κ1) is 23.1. The van der Waals surface area contributed by atoms with Crippen molar-refractivity contribution in [1.29, 1.82) is 0 Å². The molecule has 2 aliphatic rings. The summed E-state index contributed by atoms with van der Waals surface area (Å²) in [7, 11) is 2.16. The van der Waals surface area contributed by atoms with Crippen LogP contribution in [0.3, 0.4) is 0 Å². The standard InChI is InChI=1S/C24H29N3O3.ClH/c1-17(23(28)29)15-18-3-6-21(7-4-18)26-13-14-27(24(26)30)22-8-5-19-9-11-25(2)12-10-20(19)16-22;/h3-8,16-17H,9-15H2,1-2H3,(H,28,29);1H. The number of hydrogen-bond donors (Lipinski definition) is 1. The number of urea groups is 1. The number of likely N-dealkylation sites (N-methyl/N-ethyl adjacent to an activating group) is 1. The number of rotatable bonds is 5. The Morgan fingerprint density at radius 1 is 0.935 bits per heavy atom. The number of hydrogen-bond acceptors (Lipinski definition) is 3. The van der Waals surface area contributed by atoms with Gasteiger partial charge in [-0.05, 0) is 67.3 Å². The predicted octanol–water partition coefficient (Wildman–Crippen LogP) is 3.85. The quantitative estimate of drug-likeness (QED) is 0.762. The van der Waals surface area contributed by atoms with Gasteiger partial charge >= 0.3 is 12.0 Å². The maximum absolute atomic E-state index is 13.1. The van der Waals surface area contributed by atoms with E-state index in [0.29, 0.717) is 19.5 Å². The molecule has 6 nitrogen and oxygen atoms in total. The van der Waals surface area contributed by atoms with Gasteiger partial charge in [0.2, 0.25) is 0 Å². The molecule has 2 aliphatic heterocycles. The molecule has 1 fully saturated rings. The summed E-state index contributed by atoms with van der Waals surface area (Å²) >= 11 is 0. The van der Waals surface area contributed by atoms with Gasteiger partial charge in [0.25, 0.3) is 0 Å². The number of amides is 2. The van der Waals surface area contributed by atoms with Crippen molar-refractivity contribution in [2.45, 2.75) is 26.2 Å². The maximum Gasteiger partial charge on any atom is 0.329 e. The highest BCUT2D eigenvalue weighted by Gasteiger charge is 2.31. The minimum Gasteiger partial charge on any atom is -0.481 e. The fourth-order valence-corrected chi connectivity index (χ4v) is 4.26. The Morgan fingerprint density at radius 2 is 1.52 bits per heavy atom. The van der Waals surface area contributed by atoms with Gasteiger partial charge in [-0.3, -0.25) is 14.6 Å². The number of aliphatic carboxylic acids is 1. The fraction of sp³-hybridized carbons (Fsp3) is 0.417. The van der Waals surface area contributed by atoms with E-state index in [-0.39, 0.29) is 18.4 Å². The van der Waals surface area contributed by atoms with Gasteiger partial charge in [-0.15, -0.1) is 12.4 Å². The van der Waals surface area contributed by atoms with Crippen LogP contribution in [-0.4, -0.2) is 55.2 Å². The smallest absolute Gasteiger partial charge is 0.329 e. The van der Waals surface area contributed by atoms with Crippen molar-refractivity contribution in [3.63, 3.8) is 0 Å². The lowest BCUT2D eigenvalue weighted by molar-refractivity contribution is -0.141. The molecule has 166 valence electrons. The first-order chi connectivity index (χ1) is 14.4. The highest BCUT2D eigenvalue weighted by atomic mass is 35.5. The number of nitrogens with zero attached hydrogens (tertiary/aromatic N) is 3. The number of carboxylic acid groups (broad SMARTS) is 1. The number of anilines is 2. The summed E-state index contributed by atoms with van der Waals surface area (Å²) in [4.78, 5) is 30.2. The second-order valence-electron chi connectivity index (χ2n) is 8.45. The van der Waals surface area contributed by atoms with Gasteiger partial charge in [-0.25, -0.2) is 4.79 Å². The van der Waals surface area contributed by atoms with E-state index in [1.165, 1.54) is 11.1 Å². The summed E-state index contributed by atoms with van der Waals surface area (Å²) in [5.74, 6) is -1.22. The SMILES string of the molecule is CC(Cc1ccc(N2CCN(c3ccc4c(c3)CCN(C)CC4)C2=O)cc1)C(=O)O.Cl. The van der Waals surface area contributed by atoms with Gasteiger partial charge in [0, 0.05) is 37.6 Å². The van der Waals surface area contributed by atoms with Crippen molar-refractivity contribution in [3.8, 4) is 0 Å². The third kappa shape index (κ3) is 5.02. The van der Waals surface area contributed by atoms with Gasteiger partial charge < -0.3 is 10.0 Å². The van der Waals surface area contributed by atoms with Crippen molar-refractivity contribution in [2.24, 2.45) is 5.92 Å². The van der Waals surface area contributed by atoms with Crippen molar-refractivity contribution in [2.75, 3.05) is 43.0 Å². The van der Waals surface area contributed by atoms with E-state index < -0.39 is 11.9 Å². The number of carbonyl (C=O) groups excluding carboxylic acids is 1. The van der Waals surface area contributed by atoms with E-state index in [1.54, 1.807) is 11.8 Å². The maximum atomic E-state index is 13.1. The van der Waals surface area contributed by atoms with Crippen LogP contribution in [0.25, 0.3) is 0 Å². The average molecular weight is 444 g/mol. The minimum atomic E-state index is -0.795. The molecular weight excluding hydrogens is 414 g/mol. The summed E-state index contributed by atoms with van der Waals surface area (Å²) in [5.41, 5.74) is 5.52. The molecule has 31 heavy (non-hydrogen) atoms. The van der Waals surface area contributed by atoms with E-state index in [9.17, 15) is 9.59 Å². The van der Waals surface area contributed by atoms with Crippen LogP contribution in [0.5, 0.6) is 0 Å². The number of carboxylic acids is 1. The van der Waals surface area contributed by atoms with E-state index in [2.05, 4.69) is 30.1 Å². The topological polar surface area (TPSA) is 64.1 Å². The zero-order chi connectivity index (χ0) is 21.3. The van der Waals surface area contributed by atoms with Crippen LogP contribution in [0.1, 0.15) is 23.6 Å². The van der Waals surface area contributed by atoms with E-state index >= 15 is 0 Å². The first-order valence-electron chi connectivity index (χ1n) is 10.6. The monoisotopic (exact) mass is 443 g/mol. The zero-order valence-electron chi connectivity index (χ0n) is 18.1. The van der Waals surface area contributed by atoms with Gasteiger partial charge in [0.15, 0.2) is 0 Å². The molecule has 2 heterocycles. The first-order valence-corrected chi connectivity index (χ1v) is 10.6. The molecule has 0 saturated carbocycles. The molecule has 0 bridgehead atoms. The molecule has 4 rings (SSSR count). The lowest BCUT2D eigenvalue weighted by atomic mass is 10.0. The molecule has 7 heteroatoms. The molecule has 0 aromatic heterocycles. The van der Waals surface area contributed by atoms with Gasteiger partial charge in [0.05, 0.1) is 5.92 Å². The Hall–Kier alpha value is -2.57. The average Bonchev–Trinajstić information content (AvgIpc) is 3.02. The molecular formula is C24H30ClN3O3. The summed E-state index contributed by atoms with van der Waals surface area (Å²) in [6.45, 7) is 5.13. The van der Waals surface area contributed by atoms with Crippen LogP contribution < -0.4 is 9.80 Å². The Balaban J connectivity index is 0.00000272. The van der Waals surface area contributed by atoms with Crippen molar-refractivity contribution >= 4 is 35.8 Å². The molecule has 1 unspecified atom stereocenters. The fourth-order valence-electron chi connectivity index (χ4n) is 4.26. The number of carbonyl (C=O) groups is 2. The van der Waals surface area contributed by atoms with E-state index in [1.807, 2.05) is 29.2 Å². The van der Waals surface area contributed by atoms with Crippen molar-refractivity contribution < 1.29 is 14.7 Å². The van der Waals surface area contributed by atoms with Crippen LogP contribution in [0, 0.1) is 5.92 Å². The van der Waals surface area contributed by atoms with Crippen LogP contribution >= 0.6 is 12.4 Å². The van der Waals surface area contributed by atoms with Crippen molar-refractivity contribution in [1.82, 2.24) is 4.90 Å². The molecule has 0 radical (unpaired) electrons.